The van der Waals surface area contributed by atoms with E-state index in [0.717, 1.165) is 5.56 Å². The first-order valence-electron chi connectivity index (χ1n) is 12.4. The third-order valence-corrected chi connectivity index (χ3v) is 7.77. The fourth-order valence-corrected chi connectivity index (χ4v) is 6.33. The fourth-order valence-electron chi connectivity index (χ4n) is 6.33. The Bertz CT molecular complexity index is 1180. The van der Waals surface area contributed by atoms with Gasteiger partial charge in [0, 0.05) is 18.4 Å². The van der Waals surface area contributed by atoms with Gasteiger partial charge in [-0.1, -0.05) is 78.9 Å². The van der Waals surface area contributed by atoms with Crippen molar-refractivity contribution in [1.82, 2.24) is 4.90 Å². The molecule has 176 valence electrons. The molecule has 7 rings (SSSR count). The monoisotopic (exact) mass is 465 g/mol. The van der Waals surface area contributed by atoms with E-state index in [9.17, 15) is 14.4 Å². The molecule has 3 aromatic carbocycles. The maximum atomic E-state index is 13.6. The summed E-state index contributed by atoms with van der Waals surface area (Å²) in [7, 11) is 0. The van der Waals surface area contributed by atoms with E-state index in [1.807, 2.05) is 54.6 Å². The van der Waals surface area contributed by atoms with Gasteiger partial charge in [0.15, 0.2) is 0 Å². The van der Waals surface area contributed by atoms with Crippen molar-refractivity contribution in [3.63, 3.8) is 0 Å². The van der Waals surface area contributed by atoms with Crippen LogP contribution in [0.4, 0.5) is 0 Å². The molecule has 3 aromatic rings. The van der Waals surface area contributed by atoms with Crippen molar-refractivity contribution < 1.29 is 19.1 Å². The summed E-state index contributed by atoms with van der Waals surface area (Å²) in [6.45, 7) is 0.657. The van der Waals surface area contributed by atoms with Gasteiger partial charge in [0.2, 0.25) is 11.8 Å². The highest BCUT2D eigenvalue weighted by Gasteiger charge is 2.61. The maximum absolute atomic E-state index is 13.6. The molecule has 5 nitrogen and oxygen atoms in total. The summed E-state index contributed by atoms with van der Waals surface area (Å²) in [5.74, 6) is -1.18. The lowest BCUT2D eigenvalue weighted by atomic mass is 9.55. The third kappa shape index (κ3) is 3.57. The zero-order valence-corrected chi connectivity index (χ0v) is 19.4. The first-order valence-corrected chi connectivity index (χ1v) is 12.4. The highest BCUT2D eigenvalue weighted by molar-refractivity contribution is 6.07. The molecular weight excluding hydrogens is 438 g/mol. The number of esters is 1. The minimum absolute atomic E-state index is 0.0555. The van der Waals surface area contributed by atoms with Crippen LogP contribution in [0.3, 0.4) is 0 Å². The number of nitrogens with zero attached hydrogens (tertiary/aromatic N) is 1. The molecule has 4 aliphatic rings. The van der Waals surface area contributed by atoms with Crippen molar-refractivity contribution in [2.24, 2.45) is 11.8 Å². The lowest BCUT2D eigenvalue weighted by Gasteiger charge is -2.45. The van der Waals surface area contributed by atoms with Gasteiger partial charge in [-0.25, -0.2) is 0 Å². The van der Waals surface area contributed by atoms with Gasteiger partial charge in [-0.2, -0.15) is 0 Å². The largest absolute Gasteiger partial charge is 0.465 e. The topological polar surface area (TPSA) is 63.7 Å². The lowest BCUT2D eigenvalue weighted by molar-refractivity contribution is -0.144. The van der Waals surface area contributed by atoms with Gasteiger partial charge in [0.25, 0.3) is 0 Å². The molecule has 2 amide bonds. The minimum atomic E-state index is -0.332. The number of amides is 2. The quantitative estimate of drug-likeness (QED) is 0.294. The average molecular weight is 466 g/mol. The molecule has 1 saturated heterocycles. The standard InChI is InChI=1S/C30H27NO4/c32-24(18-19-10-2-1-3-11-19)35-17-9-8-16-31-29(33)27-25-20-12-4-5-13-21(20)26(28(27)30(31)34)23-15-7-6-14-22(23)25/h1-7,10-15,25-28H,8-9,16-18H2. The molecule has 1 fully saturated rings. The highest BCUT2D eigenvalue weighted by Crippen LogP contribution is 2.60. The zero-order valence-electron chi connectivity index (χ0n) is 19.4. The number of unbranched alkanes of at least 4 members (excludes halogenated alkanes) is 1. The van der Waals surface area contributed by atoms with Crippen molar-refractivity contribution in [2.75, 3.05) is 13.2 Å². The van der Waals surface area contributed by atoms with E-state index >= 15 is 0 Å². The average Bonchev–Trinajstić information content (AvgIpc) is 3.14. The van der Waals surface area contributed by atoms with E-state index in [1.165, 1.54) is 27.2 Å². The van der Waals surface area contributed by atoms with Crippen molar-refractivity contribution >= 4 is 17.8 Å². The van der Waals surface area contributed by atoms with Crippen molar-refractivity contribution in [1.29, 1.82) is 0 Å². The summed E-state index contributed by atoms with van der Waals surface area (Å²) >= 11 is 0. The lowest BCUT2D eigenvalue weighted by Crippen LogP contribution is -2.41. The molecule has 2 unspecified atom stereocenters. The SMILES string of the molecule is O=C(Cc1ccccc1)OCCCCN1C(=O)C2C3c4ccccc4C(c4ccccc43)C2C1=O. The molecule has 0 saturated carbocycles. The number of benzene rings is 3. The number of hydrogen-bond acceptors (Lipinski definition) is 4. The van der Waals surface area contributed by atoms with E-state index in [2.05, 4.69) is 24.3 Å². The Labute approximate surface area is 204 Å². The van der Waals surface area contributed by atoms with E-state index in [0.29, 0.717) is 19.4 Å². The fraction of sp³-hybridized carbons (Fsp3) is 0.300. The first-order chi connectivity index (χ1) is 17.1. The molecule has 0 spiro atoms. The molecule has 3 aliphatic carbocycles. The maximum Gasteiger partial charge on any atom is 0.310 e. The Morgan fingerprint density at radius 1 is 0.686 bits per heavy atom. The van der Waals surface area contributed by atoms with Crippen LogP contribution in [0.5, 0.6) is 0 Å². The number of carbonyl (C=O) groups is 3. The predicted octanol–water partition coefficient (Wildman–Crippen LogP) is 4.44. The van der Waals surface area contributed by atoms with Gasteiger partial charge in [0.1, 0.15) is 0 Å². The van der Waals surface area contributed by atoms with Crippen LogP contribution in [-0.2, 0) is 25.5 Å². The number of ether oxygens (including phenoxy) is 1. The van der Waals surface area contributed by atoms with Gasteiger partial charge in [-0.3, -0.25) is 19.3 Å². The zero-order chi connectivity index (χ0) is 23.9. The van der Waals surface area contributed by atoms with Gasteiger partial charge < -0.3 is 4.74 Å². The summed E-state index contributed by atoms with van der Waals surface area (Å²) in [6.07, 6.45) is 1.47. The Balaban J connectivity index is 1.12. The molecule has 1 heterocycles. The Morgan fingerprint density at radius 2 is 1.17 bits per heavy atom. The third-order valence-electron chi connectivity index (χ3n) is 7.77. The summed E-state index contributed by atoms with van der Waals surface area (Å²) in [6, 6.07) is 26.0. The van der Waals surface area contributed by atoms with Crippen LogP contribution in [0.25, 0.3) is 0 Å². The van der Waals surface area contributed by atoms with Crippen molar-refractivity contribution in [3.05, 3.63) is 107 Å². The Morgan fingerprint density at radius 3 is 1.69 bits per heavy atom. The van der Waals surface area contributed by atoms with Gasteiger partial charge >= 0.3 is 5.97 Å². The van der Waals surface area contributed by atoms with Crippen LogP contribution in [-0.4, -0.2) is 35.8 Å². The van der Waals surface area contributed by atoms with Gasteiger partial charge in [0.05, 0.1) is 24.9 Å². The predicted molar refractivity (Wildman–Crippen MR) is 131 cm³/mol. The van der Waals surface area contributed by atoms with Crippen LogP contribution in [0.1, 0.15) is 52.5 Å². The van der Waals surface area contributed by atoms with Crippen LogP contribution >= 0.6 is 0 Å². The smallest absolute Gasteiger partial charge is 0.310 e. The molecule has 1 aliphatic heterocycles. The van der Waals surface area contributed by atoms with Gasteiger partial charge in [-0.05, 0) is 40.7 Å². The summed E-state index contributed by atoms with van der Waals surface area (Å²) < 4.78 is 5.36. The molecule has 0 aromatic heterocycles. The number of likely N-dealkylation sites (tertiary alicyclic amines) is 1. The first kappa shape index (κ1) is 21.8. The second kappa shape index (κ2) is 8.81. The van der Waals surface area contributed by atoms with E-state index in [-0.39, 0.29) is 54.5 Å². The summed E-state index contributed by atoms with van der Waals surface area (Å²) in [4.78, 5) is 40.6. The molecule has 2 bridgehead atoms. The molecule has 5 heteroatoms. The van der Waals surface area contributed by atoms with Crippen molar-refractivity contribution in [3.8, 4) is 0 Å². The van der Waals surface area contributed by atoms with E-state index < -0.39 is 0 Å². The van der Waals surface area contributed by atoms with Crippen LogP contribution in [0.2, 0.25) is 0 Å². The van der Waals surface area contributed by atoms with E-state index in [1.54, 1.807) is 0 Å². The second-order valence-corrected chi connectivity index (χ2v) is 9.68. The van der Waals surface area contributed by atoms with Crippen molar-refractivity contribution in [2.45, 2.75) is 31.1 Å². The molecule has 0 radical (unpaired) electrons. The van der Waals surface area contributed by atoms with Crippen LogP contribution in [0, 0.1) is 11.8 Å². The molecule has 2 atom stereocenters. The van der Waals surface area contributed by atoms with Crippen LogP contribution < -0.4 is 0 Å². The molecular formula is C30H27NO4. The number of carbonyl (C=O) groups excluding carboxylic acids is 3. The Hall–Kier alpha value is -3.73. The normalized spacial score (nSPS) is 23.6. The molecule has 35 heavy (non-hydrogen) atoms. The highest BCUT2D eigenvalue weighted by atomic mass is 16.5. The number of imide groups is 1. The van der Waals surface area contributed by atoms with Crippen LogP contribution in [0.15, 0.2) is 78.9 Å². The summed E-state index contributed by atoms with van der Waals surface area (Å²) in [5.41, 5.74) is 5.66. The van der Waals surface area contributed by atoms with E-state index in [4.69, 9.17) is 4.74 Å². The Kier molecular flexibility index (Phi) is 5.48. The number of rotatable bonds is 7. The van der Waals surface area contributed by atoms with Gasteiger partial charge in [-0.15, -0.1) is 0 Å². The number of hydrogen-bond donors (Lipinski definition) is 0. The molecule has 0 N–H and O–H groups in total. The summed E-state index contributed by atoms with van der Waals surface area (Å²) in [5, 5.41) is 0. The second-order valence-electron chi connectivity index (χ2n) is 9.68. The minimum Gasteiger partial charge on any atom is -0.465 e.